The van der Waals surface area contributed by atoms with Crippen LogP contribution in [0, 0.1) is 0 Å². The maximum absolute atomic E-state index is 12.0. The molecule has 2 heterocycles. The Labute approximate surface area is 150 Å². The smallest absolute Gasteiger partial charge is 0.234 e. The lowest BCUT2D eigenvalue weighted by Gasteiger charge is -2.35. The number of aromatic nitrogens is 2. The van der Waals surface area contributed by atoms with Crippen LogP contribution in [0.5, 0.6) is 0 Å². The lowest BCUT2D eigenvalue weighted by molar-refractivity contribution is -0.123. The number of aryl methyl sites for hydroxylation is 1. The lowest BCUT2D eigenvalue weighted by Crippen LogP contribution is -2.50. The van der Waals surface area contributed by atoms with Crippen molar-refractivity contribution >= 4 is 36.7 Å². The van der Waals surface area contributed by atoms with E-state index in [2.05, 4.69) is 20.1 Å². The third-order valence-corrected chi connectivity index (χ3v) is 4.54. The van der Waals surface area contributed by atoms with E-state index in [-0.39, 0.29) is 30.7 Å². The van der Waals surface area contributed by atoms with Crippen molar-refractivity contribution in [2.24, 2.45) is 7.05 Å². The van der Waals surface area contributed by atoms with Crippen LogP contribution in [-0.2, 0) is 11.8 Å². The first kappa shape index (κ1) is 20.1. The molecule has 1 aliphatic carbocycles. The predicted molar refractivity (Wildman–Crippen MR) is 96.8 cm³/mol. The van der Waals surface area contributed by atoms with Crippen LogP contribution < -0.4 is 10.2 Å². The van der Waals surface area contributed by atoms with E-state index in [1.807, 2.05) is 24.0 Å². The topological polar surface area (TPSA) is 53.4 Å². The molecule has 1 aliphatic heterocycles. The number of rotatable bonds is 4. The molecule has 2 fully saturated rings. The molecule has 0 unspecified atom stereocenters. The molecule has 1 saturated heterocycles. The number of nitrogens with one attached hydrogen (secondary N) is 1. The first-order valence-electron chi connectivity index (χ1n) is 7.96. The number of carbonyl (C=O) groups excluding carboxylic acids is 1. The second-order valence-electron chi connectivity index (χ2n) is 6.15. The Kier molecular flexibility index (Phi) is 8.16. The van der Waals surface area contributed by atoms with Crippen molar-refractivity contribution < 1.29 is 4.79 Å². The van der Waals surface area contributed by atoms with Gasteiger partial charge in [0.1, 0.15) is 0 Å². The zero-order valence-electron chi connectivity index (χ0n) is 13.6. The largest absolute Gasteiger partial charge is 0.352 e. The molecule has 8 heteroatoms. The summed E-state index contributed by atoms with van der Waals surface area (Å²) in [5.41, 5.74) is 0. The Morgan fingerprint density at radius 3 is 2.43 bits per heavy atom. The van der Waals surface area contributed by atoms with E-state index in [0.717, 1.165) is 45.0 Å². The number of imidazole rings is 1. The average molecular weight is 364 g/mol. The second-order valence-corrected chi connectivity index (χ2v) is 6.15. The summed E-state index contributed by atoms with van der Waals surface area (Å²) < 4.78 is 2.04. The van der Waals surface area contributed by atoms with Crippen molar-refractivity contribution in [1.82, 2.24) is 19.8 Å². The second kappa shape index (κ2) is 9.35. The number of piperazine rings is 1. The normalized spacial score (nSPS) is 19.1. The minimum atomic E-state index is 0. The van der Waals surface area contributed by atoms with E-state index in [4.69, 9.17) is 0 Å². The molecule has 1 amide bonds. The summed E-state index contributed by atoms with van der Waals surface area (Å²) in [6.45, 7) is 4.24. The summed E-state index contributed by atoms with van der Waals surface area (Å²) in [5, 5.41) is 3.16. The Balaban J connectivity index is 0.00000132. The number of nitrogens with zero attached hydrogens (tertiary/aromatic N) is 4. The standard InChI is InChI=1S/C15H25N5O.2ClH/c1-18-7-6-16-15(18)20-10-8-19(9-11-20)12-14(21)17-13-4-2-3-5-13;;/h6-7,13H,2-5,8-12H2,1H3,(H,17,21);2*1H. The molecule has 2 aliphatic rings. The zero-order chi connectivity index (χ0) is 14.7. The molecule has 0 atom stereocenters. The van der Waals surface area contributed by atoms with Crippen LogP contribution >= 0.6 is 24.8 Å². The summed E-state index contributed by atoms with van der Waals surface area (Å²) in [4.78, 5) is 21.0. The monoisotopic (exact) mass is 363 g/mol. The van der Waals surface area contributed by atoms with Gasteiger partial charge in [0.15, 0.2) is 0 Å². The van der Waals surface area contributed by atoms with Crippen LogP contribution in [-0.4, -0.2) is 59.1 Å². The molecule has 3 rings (SSSR count). The first-order chi connectivity index (χ1) is 10.2. The molecule has 0 spiro atoms. The molecular formula is C15H27Cl2N5O. The van der Waals surface area contributed by atoms with Crippen molar-refractivity contribution in [2.45, 2.75) is 31.7 Å². The number of hydrogen-bond acceptors (Lipinski definition) is 4. The molecule has 6 nitrogen and oxygen atoms in total. The molecule has 1 aromatic rings. The van der Waals surface area contributed by atoms with Crippen LogP contribution in [0.4, 0.5) is 5.95 Å². The van der Waals surface area contributed by atoms with Crippen molar-refractivity contribution in [3.63, 3.8) is 0 Å². The minimum absolute atomic E-state index is 0. The van der Waals surface area contributed by atoms with Gasteiger partial charge in [-0.15, -0.1) is 24.8 Å². The highest BCUT2D eigenvalue weighted by Crippen LogP contribution is 2.17. The number of hydrogen-bond donors (Lipinski definition) is 1. The Bertz CT molecular complexity index is 482. The van der Waals surface area contributed by atoms with Crippen LogP contribution in [0.15, 0.2) is 12.4 Å². The molecule has 1 aromatic heterocycles. The van der Waals surface area contributed by atoms with E-state index < -0.39 is 0 Å². The van der Waals surface area contributed by atoms with Gasteiger partial charge in [0.25, 0.3) is 0 Å². The Morgan fingerprint density at radius 1 is 1.22 bits per heavy atom. The molecule has 1 saturated carbocycles. The van der Waals surface area contributed by atoms with Gasteiger partial charge >= 0.3 is 0 Å². The number of anilines is 1. The fourth-order valence-corrected chi connectivity index (χ4v) is 3.31. The summed E-state index contributed by atoms with van der Waals surface area (Å²) in [7, 11) is 2.02. The highest BCUT2D eigenvalue weighted by Gasteiger charge is 2.23. The summed E-state index contributed by atoms with van der Waals surface area (Å²) in [6, 6.07) is 0.423. The maximum Gasteiger partial charge on any atom is 0.234 e. The highest BCUT2D eigenvalue weighted by atomic mass is 35.5. The van der Waals surface area contributed by atoms with Crippen molar-refractivity contribution in [2.75, 3.05) is 37.6 Å². The van der Waals surface area contributed by atoms with Gasteiger partial charge in [0.2, 0.25) is 11.9 Å². The van der Waals surface area contributed by atoms with Crippen molar-refractivity contribution in [3.8, 4) is 0 Å². The third-order valence-electron chi connectivity index (χ3n) is 4.54. The van der Waals surface area contributed by atoms with Gasteiger partial charge in [-0.05, 0) is 12.8 Å². The van der Waals surface area contributed by atoms with Gasteiger partial charge in [-0.3, -0.25) is 9.69 Å². The zero-order valence-corrected chi connectivity index (χ0v) is 15.2. The van der Waals surface area contributed by atoms with Crippen molar-refractivity contribution in [3.05, 3.63) is 12.4 Å². The van der Waals surface area contributed by atoms with Gasteiger partial charge in [0.05, 0.1) is 6.54 Å². The van der Waals surface area contributed by atoms with Crippen molar-refractivity contribution in [1.29, 1.82) is 0 Å². The van der Waals surface area contributed by atoms with E-state index in [1.165, 1.54) is 12.8 Å². The summed E-state index contributed by atoms with van der Waals surface area (Å²) >= 11 is 0. The Morgan fingerprint density at radius 2 is 1.87 bits per heavy atom. The number of halogens is 2. The van der Waals surface area contributed by atoms with E-state index >= 15 is 0 Å². The van der Waals surface area contributed by atoms with Crippen LogP contribution in [0.2, 0.25) is 0 Å². The van der Waals surface area contributed by atoms with Crippen LogP contribution in [0.3, 0.4) is 0 Å². The molecule has 0 bridgehead atoms. The van der Waals surface area contributed by atoms with Gasteiger partial charge < -0.3 is 14.8 Å². The quantitative estimate of drug-likeness (QED) is 0.879. The minimum Gasteiger partial charge on any atom is -0.352 e. The number of amides is 1. The molecule has 0 aromatic carbocycles. The average Bonchev–Trinajstić information content (AvgIpc) is 3.11. The van der Waals surface area contributed by atoms with E-state index in [1.54, 1.807) is 0 Å². The first-order valence-corrected chi connectivity index (χ1v) is 7.96. The van der Waals surface area contributed by atoms with Crippen LogP contribution in [0.25, 0.3) is 0 Å². The Hall–Kier alpha value is -0.980. The molecule has 23 heavy (non-hydrogen) atoms. The van der Waals surface area contributed by atoms with Gasteiger partial charge in [-0.1, -0.05) is 12.8 Å². The van der Waals surface area contributed by atoms with Gasteiger partial charge in [-0.25, -0.2) is 4.98 Å². The van der Waals surface area contributed by atoms with E-state index in [9.17, 15) is 4.79 Å². The summed E-state index contributed by atoms with van der Waals surface area (Å²) in [6.07, 6.45) is 8.62. The highest BCUT2D eigenvalue weighted by molar-refractivity contribution is 5.85. The fraction of sp³-hybridized carbons (Fsp3) is 0.733. The van der Waals surface area contributed by atoms with Crippen LogP contribution in [0.1, 0.15) is 25.7 Å². The molecular weight excluding hydrogens is 337 g/mol. The van der Waals surface area contributed by atoms with E-state index in [0.29, 0.717) is 12.6 Å². The third kappa shape index (κ3) is 5.26. The molecule has 1 N–H and O–H groups in total. The predicted octanol–water partition coefficient (Wildman–Crippen LogP) is 1.44. The molecule has 132 valence electrons. The van der Waals surface area contributed by atoms with Gasteiger partial charge in [0, 0.05) is 51.7 Å². The molecule has 0 radical (unpaired) electrons. The van der Waals surface area contributed by atoms with Gasteiger partial charge in [-0.2, -0.15) is 0 Å². The summed E-state index contributed by atoms with van der Waals surface area (Å²) in [5.74, 6) is 1.21. The lowest BCUT2D eigenvalue weighted by atomic mass is 10.2. The SMILES string of the molecule is Cl.Cl.Cn1ccnc1N1CCN(CC(=O)NC2CCCC2)CC1. The maximum atomic E-state index is 12.0. The number of carbonyl (C=O) groups is 1. The fourth-order valence-electron chi connectivity index (χ4n) is 3.31.